The van der Waals surface area contributed by atoms with Gasteiger partial charge in [-0.15, -0.1) is 11.3 Å². The summed E-state index contributed by atoms with van der Waals surface area (Å²) in [5.41, 5.74) is 1.17. The molecule has 1 aromatic carbocycles. The molecule has 0 unspecified atom stereocenters. The summed E-state index contributed by atoms with van der Waals surface area (Å²) in [6.45, 7) is 1.29. The molecule has 88 valence electrons. The lowest BCUT2D eigenvalue weighted by Crippen LogP contribution is -2.84. The van der Waals surface area contributed by atoms with Crippen molar-refractivity contribution >= 4 is 28.7 Å². The summed E-state index contributed by atoms with van der Waals surface area (Å²) in [6.07, 6.45) is 0. The number of hydrogen-bond donors (Lipinski definition) is 1. The topological polar surface area (TPSA) is 33.7 Å². The van der Waals surface area contributed by atoms with Gasteiger partial charge in [0.1, 0.15) is 13.1 Å². The van der Waals surface area contributed by atoms with E-state index in [2.05, 4.69) is 0 Å². The number of quaternary nitrogens is 1. The molecule has 0 aliphatic rings. The average Bonchev–Trinajstić information content (AvgIpc) is 2.85. The predicted molar refractivity (Wildman–Crippen MR) is 70.6 cm³/mol. The maximum atomic E-state index is 11.7. The van der Waals surface area contributed by atoms with Gasteiger partial charge in [-0.25, -0.2) is 0 Å². The van der Waals surface area contributed by atoms with Crippen molar-refractivity contribution in [2.45, 2.75) is 6.54 Å². The highest BCUT2D eigenvalue weighted by atomic mass is 35.5. The van der Waals surface area contributed by atoms with Crippen molar-refractivity contribution in [3.63, 3.8) is 0 Å². The van der Waals surface area contributed by atoms with Crippen LogP contribution < -0.4 is 5.32 Å². The van der Waals surface area contributed by atoms with Gasteiger partial charge in [-0.2, -0.15) is 0 Å². The summed E-state index contributed by atoms with van der Waals surface area (Å²) in [4.78, 5) is 12.5. The molecule has 0 atom stereocenters. The molecule has 0 radical (unpaired) electrons. The molecule has 1 aromatic heterocycles. The lowest BCUT2D eigenvalue weighted by atomic mass is 10.2. The number of hydrogen-bond acceptors (Lipinski definition) is 2. The second kappa shape index (κ2) is 5.96. The zero-order valence-electron chi connectivity index (χ0n) is 9.23. The van der Waals surface area contributed by atoms with Gasteiger partial charge in [0.05, 0.1) is 4.88 Å². The van der Waals surface area contributed by atoms with Crippen molar-refractivity contribution in [3.8, 4) is 0 Å². The standard InChI is InChI=1S/C13H12ClNOS/c14-11-5-3-10(4-6-11)8-15-9-12(16)13-2-1-7-17-13/h1-7,15H,8-9H2/p+1. The van der Waals surface area contributed by atoms with Crippen LogP contribution in [0.2, 0.25) is 5.02 Å². The van der Waals surface area contributed by atoms with Crippen molar-refractivity contribution in [2.75, 3.05) is 6.54 Å². The van der Waals surface area contributed by atoms with Crippen LogP contribution in [0.3, 0.4) is 0 Å². The summed E-state index contributed by atoms with van der Waals surface area (Å²) in [5.74, 6) is 0.189. The molecule has 2 rings (SSSR count). The van der Waals surface area contributed by atoms with Gasteiger partial charge in [-0.3, -0.25) is 4.79 Å². The number of carbonyl (C=O) groups excluding carboxylic acids is 1. The van der Waals surface area contributed by atoms with E-state index < -0.39 is 0 Å². The second-order valence-electron chi connectivity index (χ2n) is 3.72. The fourth-order valence-electron chi connectivity index (χ4n) is 1.53. The molecule has 0 aliphatic carbocycles. The second-order valence-corrected chi connectivity index (χ2v) is 5.11. The first-order valence-corrected chi connectivity index (χ1v) is 6.64. The van der Waals surface area contributed by atoms with Gasteiger partial charge < -0.3 is 5.32 Å². The number of Topliss-reactive ketones (excluding diaryl/α,β-unsaturated/α-hetero) is 1. The third kappa shape index (κ3) is 3.66. The molecule has 0 saturated heterocycles. The first kappa shape index (κ1) is 12.3. The Bertz CT molecular complexity index is 479. The number of thiophene rings is 1. The molecular weight excluding hydrogens is 254 g/mol. The zero-order valence-corrected chi connectivity index (χ0v) is 10.8. The molecular formula is C13H13ClNOS+. The SMILES string of the molecule is O=C(C[NH2+]Cc1ccc(Cl)cc1)c1cccs1. The van der Waals surface area contributed by atoms with Gasteiger partial charge >= 0.3 is 0 Å². The van der Waals surface area contributed by atoms with Crippen molar-refractivity contribution in [1.29, 1.82) is 0 Å². The monoisotopic (exact) mass is 266 g/mol. The Morgan fingerprint density at radius 3 is 2.65 bits per heavy atom. The maximum Gasteiger partial charge on any atom is 0.226 e. The van der Waals surface area contributed by atoms with Crippen LogP contribution in [0.4, 0.5) is 0 Å². The quantitative estimate of drug-likeness (QED) is 0.828. The summed E-state index contributed by atoms with van der Waals surface area (Å²) < 4.78 is 0. The molecule has 2 aromatic rings. The van der Waals surface area contributed by atoms with Gasteiger partial charge in [0.2, 0.25) is 5.78 Å². The Labute approximate surface area is 109 Å². The number of halogens is 1. The van der Waals surface area contributed by atoms with Crippen LogP contribution in [0.25, 0.3) is 0 Å². The Kier molecular flexibility index (Phi) is 4.31. The lowest BCUT2D eigenvalue weighted by molar-refractivity contribution is -0.658. The van der Waals surface area contributed by atoms with Crippen LogP contribution in [0.5, 0.6) is 0 Å². The minimum absolute atomic E-state index is 0.189. The molecule has 0 aliphatic heterocycles. The van der Waals surface area contributed by atoms with E-state index in [0.29, 0.717) is 6.54 Å². The molecule has 2 N–H and O–H groups in total. The Morgan fingerprint density at radius 2 is 2.00 bits per heavy atom. The molecule has 0 fully saturated rings. The third-order valence-corrected chi connectivity index (χ3v) is 3.58. The maximum absolute atomic E-state index is 11.7. The van der Waals surface area contributed by atoms with Crippen molar-refractivity contribution in [3.05, 3.63) is 57.2 Å². The molecule has 0 saturated carbocycles. The third-order valence-electron chi connectivity index (χ3n) is 2.42. The molecule has 0 bridgehead atoms. The first-order valence-electron chi connectivity index (χ1n) is 5.38. The van der Waals surface area contributed by atoms with E-state index in [-0.39, 0.29) is 5.78 Å². The Balaban J connectivity index is 1.80. The largest absolute Gasteiger partial charge is 0.336 e. The Morgan fingerprint density at radius 1 is 1.24 bits per heavy atom. The predicted octanol–water partition coefficient (Wildman–Crippen LogP) is 2.35. The minimum Gasteiger partial charge on any atom is -0.336 e. The molecule has 0 amide bonds. The van der Waals surface area contributed by atoms with Gasteiger partial charge in [-0.05, 0) is 23.6 Å². The highest BCUT2D eigenvalue weighted by Gasteiger charge is 2.08. The van der Waals surface area contributed by atoms with Gasteiger partial charge in [-0.1, -0.05) is 29.8 Å². The highest BCUT2D eigenvalue weighted by molar-refractivity contribution is 7.12. The normalized spacial score (nSPS) is 10.4. The van der Waals surface area contributed by atoms with E-state index in [0.717, 1.165) is 16.4 Å². The van der Waals surface area contributed by atoms with E-state index >= 15 is 0 Å². The molecule has 2 nitrogen and oxygen atoms in total. The molecule has 0 spiro atoms. The van der Waals surface area contributed by atoms with E-state index in [4.69, 9.17) is 11.6 Å². The molecule has 1 heterocycles. The van der Waals surface area contributed by atoms with Crippen LogP contribution in [0.15, 0.2) is 41.8 Å². The van der Waals surface area contributed by atoms with E-state index in [1.54, 1.807) is 0 Å². The molecule has 4 heteroatoms. The zero-order chi connectivity index (χ0) is 12.1. The van der Waals surface area contributed by atoms with Crippen LogP contribution in [-0.2, 0) is 6.54 Å². The van der Waals surface area contributed by atoms with Crippen LogP contribution in [0.1, 0.15) is 15.2 Å². The van der Waals surface area contributed by atoms with Crippen molar-refractivity contribution in [2.24, 2.45) is 0 Å². The number of carbonyl (C=O) groups is 1. The summed E-state index contributed by atoms with van der Waals surface area (Å²) in [5, 5.41) is 4.67. The number of rotatable bonds is 5. The lowest BCUT2D eigenvalue weighted by Gasteiger charge is -2.00. The van der Waals surface area contributed by atoms with Gasteiger partial charge in [0, 0.05) is 10.6 Å². The summed E-state index contributed by atoms with van der Waals surface area (Å²) in [6, 6.07) is 11.5. The summed E-state index contributed by atoms with van der Waals surface area (Å²) in [7, 11) is 0. The summed E-state index contributed by atoms with van der Waals surface area (Å²) >= 11 is 7.29. The van der Waals surface area contributed by atoms with E-state index in [1.807, 2.05) is 47.1 Å². The van der Waals surface area contributed by atoms with Gasteiger partial charge in [0.25, 0.3) is 0 Å². The van der Waals surface area contributed by atoms with Crippen LogP contribution in [0, 0.1) is 0 Å². The molecule has 17 heavy (non-hydrogen) atoms. The minimum atomic E-state index is 0.189. The van der Waals surface area contributed by atoms with Crippen LogP contribution >= 0.6 is 22.9 Å². The van der Waals surface area contributed by atoms with Crippen molar-refractivity contribution < 1.29 is 10.1 Å². The smallest absolute Gasteiger partial charge is 0.226 e. The fraction of sp³-hybridized carbons (Fsp3) is 0.154. The van der Waals surface area contributed by atoms with E-state index in [9.17, 15) is 4.79 Å². The van der Waals surface area contributed by atoms with Gasteiger partial charge in [0.15, 0.2) is 0 Å². The van der Waals surface area contributed by atoms with E-state index in [1.165, 1.54) is 16.9 Å². The number of nitrogens with two attached hydrogens (primary N) is 1. The Hall–Kier alpha value is -1.16. The van der Waals surface area contributed by atoms with Crippen LogP contribution in [-0.4, -0.2) is 12.3 Å². The number of benzene rings is 1. The fourth-order valence-corrected chi connectivity index (χ4v) is 2.33. The first-order chi connectivity index (χ1) is 8.25. The van der Waals surface area contributed by atoms with Crippen molar-refractivity contribution in [1.82, 2.24) is 0 Å². The number of ketones is 1. The average molecular weight is 267 g/mol. The highest BCUT2D eigenvalue weighted by Crippen LogP contribution is 2.09.